The van der Waals surface area contributed by atoms with Crippen molar-refractivity contribution in [3.05, 3.63) is 47.2 Å². The van der Waals surface area contributed by atoms with Crippen LogP contribution >= 0.6 is 0 Å². The summed E-state index contributed by atoms with van der Waals surface area (Å²) >= 11 is 0. The van der Waals surface area contributed by atoms with Gasteiger partial charge in [0.2, 0.25) is 5.91 Å². The highest BCUT2D eigenvalue weighted by molar-refractivity contribution is 5.93. The van der Waals surface area contributed by atoms with Gasteiger partial charge in [-0.25, -0.2) is 0 Å². The molecule has 164 valence electrons. The number of para-hydroxylation sites is 1. The number of likely N-dealkylation sites (tertiary alicyclic amines) is 1. The van der Waals surface area contributed by atoms with E-state index in [9.17, 15) is 23.2 Å². The maximum atomic E-state index is 13.1. The lowest BCUT2D eigenvalue weighted by Gasteiger charge is -2.33. The minimum Gasteiger partial charge on any atom is -0.310 e. The molecular weight excluding hydrogens is 405 g/mol. The van der Waals surface area contributed by atoms with Gasteiger partial charge >= 0.3 is 6.18 Å². The molecule has 5 nitrogen and oxygen atoms in total. The van der Waals surface area contributed by atoms with Crippen molar-refractivity contribution in [1.82, 2.24) is 9.47 Å². The van der Waals surface area contributed by atoms with Gasteiger partial charge < -0.3 is 5.32 Å². The number of carbonyl (C=O) groups excluding carboxylic acids is 1. The predicted octanol–water partition coefficient (Wildman–Crippen LogP) is 4.44. The van der Waals surface area contributed by atoms with Crippen LogP contribution < -0.4 is 5.32 Å². The van der Waals surface area contributed by atoms with Crippen LogP contribution in [0.5, 0.6) is 0 Å². The topological polar surface area (TPSA) is 61.1 Å². The van der Waals surface area contributed by atoms with E-state index in [1.807, 2.05) is 34.9 Å². The highest BCUT2D eigenvalue weighted by Gasteiger charge is 2.42. The van der Waals surface area contributed by atoms with Crippen molar-refractivity contribution in [2.24, 2.45) is 5.92 Å². The summed E-state index contributed by atoms with van der Waals surface area (Å²) in [6.07, 6.45) is -0.146. The lowest BCUT2D eigenvalue weighted by molar-refractivity contribution is -0.186. The first-order chi connectivity index (χ1) is 14.9. The largest absolute Gasteiger partial charge is 0.393 e. The van der Waals surface area contributed by atoms with Crippen LogP contribution in [0.15, 0.2) is 30.3 Å². The molecule has 2 heterocycles. The van der Waals surface area contributed by atoms with Gasteiger partial charge in [-0.05, 0) is 62.8 Å². The normalized spacial score (nSPS) is 19.5. The van der Waals surface area contributed by atoms with Crippen LogP contribution in [-0.2, 0) is 17.6 Å². The van der Waals surface area contributed by atoms with Crippen LogP contribution in [0.25, 0.3) is 5.69 Å². The Morgan fingerprint density at radius 1 is 1.16 bits per heavy atom. The molecule has 0 spiro atoms. The summed E-state index contributed by atoms with van der Waals surface area (Å²) in [5.74, 6) is -1.37. The molecule has 1 amide bonds. The molecule has 1 aromatic heterocycles. The van der Waals surface area contributed by atoms with Crippen LogP contribution in [0, 0.1) is 17.2 Å². The first-order valence-electron chi connectivity index (χ1n) is 10.7. The number of nitrogens with zero attached hydrogens (tertiary/aromatic N) is 3. The van der Waals surface area contributed by atoms with Crippen LogP contribution in [0.3, 0.4) is 0 Å². The van der Waals surface area contributed by atoms with Crippen molar-refractivity contribution in [1.29, 1.82) is 5.26 Å². The number of benzene rings is 1. The second-order valence-electron chi connectivity index (χ2n) is 8.30. The minimum atomic E-state index is -4.25. The van der Waals surface area contributed by atoms with Crippen molar-refractivity contribution in [3.63, 3.8) is 0 Å². The van der Waals surface area contributed by atoms with Crippen molar-refractivity contribution in [2.45, 2.75) is 44.7 Å². The first-order valence-corrected chi connectivity index (χ1v) is 10.7. The third-order valence-corrected chi connectivity index (χ3v) is 6.19. The molecule has 0 saturated carbocycles. The molecule has 1 fully saturated rings. The Balaban J connectivity index is 1.60. The molecular formula is C23H25F3N4O. The fourth-order valence-electron chi connectivity index (χ4n) is 4.74. The van der Waals surface area contributed by atoms with Gasteiger partial charge in [-0.2, -0.15) is 18.4 Å². The third kappa shape index (κ3) is 4.47. The summed E-state index contributed by atoms with van der Waals surface area (Å²) in [5.41, 5.74) is 3.30. The predicted molar refractivity (Wildman–Crippen MR) is 111 cm³/mol. The summed E-state index contributed by atoms with van der Waals surface area (Å²) < 4.78 is 41.2. The van der Waals surface area contributed by atoms with Gasteiger partial charge in [-0.1, -0.05) is 18.2 Å². The average molecular weight is 430 g/mol. The highest BCUT2D eigenvalue weighted by Crippen LogP contribution is 2.36. The van der Waals surface area contributed by atoms with E-state index in [0.717, 1.165) is 42.6 Å². The number of hydrogen-bond acceptors (Lipinski definition) is 3. The Hall–Kier alpha value is -2.79. The zero-order chi connectivity index (χ0) is 22.0. The quantitative estimate of drug-likeness (QED) is 0.780. The van der Waals surface area contributed by atoms with Gasteiger partial charge in [0.15, 0.2) is 0 Å². The number of aromatic nitrogens is 1. The van der Waals surface area contributed by atoms with Crippen molar-refractivity contribution >= 4 is 11.7 Å². The molecule has 1 saturated heterocycles. The van der Waals surface area contributed by atoms with E-state index in [-0.39, 0.29) is 19.5 Å². The van der Waals surface area contributed by atoms with Gasteiger partial charge in [0.05, 0.1) is 18.0 Å². The van der Waals surface area contributed by atoms with Gasteiger partial charge in [-0.15, -0.1) is 0 Å². The molecule has 0 bridgehead atoms. The molecule has 31 heavy (non-hydrogen) atoms. The van der Waals surface area contributed by atoms with E-state index in [1.165, 1.54) is 0 Å². The monoisotopic (exact) mass is 430 g/mol. The molecule has 1 aromatic carbocycles. The summed E-state index contributed by atoms with van der Waals surface area (Å²) in [5, 5.41) is 12.7. The molecule has 1 unspecified atom stereocenters. The van der Waals surface area contributed by atoms with Crippen molar-refractivity contribution in [2.75, 3.05) is 25.0 Å². The second kappa shape index (κ2) is 8.75. The fraction of sp³-hybridized carbons (Fsp3) is 0.478. The standard InChI is InChI=1S/C23H25F3N4O/c24-23(25,26)16-7-6-12-29(14-16)15-21(31)28-22-19(13-27)18-10-4-5-11-20(18)30(22)17-8-2-1-3-9-17/h1-3,8-9,16H,4-7,10-12,14-15H2,(H,28,31). The Morgan fingerprint density at radius 3 is 2.61 bits per heavy atom. The number of nitrogens with one attached hydrogen (secondary N) is 1. The zero-order valence-electron chi connectivity index (χ0n) is 17.2. The Bertz CT molecular complexity index is 991. The Labute approximate surface area is 179 Å². The van der Waals surface area contributed by atoms with Crippen LogP contribution in [0.1, 0.15) is 42.5 Å². The molecule has 1 N–H and O–H groups in total. The van der Waals surface area contributed by atoms with Gasteiger partial charge in [0, 0.05) is 17.9 Å². The van der Waals surface area contributed by atoms with E-state index in [4.69, 9.17) is 0 Å². The number of hydrogen-bond donors (Lipinski definition) is 1. The van der Waals surface area contributed by atoms with E-state index in [2.05, 4.69) is 11.4 Å². The maximum absolute atomic E-state index is 13.1. The zero-order valence-corrected chi connectivity index (χ0v) is 17.2. The number of halogens is 3. The van der Waals surface area contributed by atoms with E-state index >= 15 is 0 Å². The SMILES string of the molecule is N#Cc1c2c(n(-c3ccccc3)c1NC(=O)CN1CCCC(C(F)(F)F)C1)CCCC2. The number of carbonyl (C=O) groups is 1. The molecule has 0 radical (unpaired) electrons. The molecule has 2 aliphatic rings. The smallest absolute Gasteiger partial charge is 0.310 e. The second-order valence-corrected chi connectivity index (χ2v) is 8.30. The first kappa shape index (κ1) is 21.4. The summed E-state index contributed by atoms with van der Waals surface area (Å²) in [4.78, 5) is 14.4. The summed E-state index contributed by atoms with van der Waals surface area (Å²) in [7, 11) is 0. The summed E-state index contributed by atoms with van der Waals surface area (Å²) in [6.45, 7) is 0.168. The van der Waals surface area contributed by atoms with E-state index in [0.29, 0.717) is 24.3 Å². The number of fused-ring (bicyclic) bond motifs is 1. The number of anilines is 1. The fourth-order valence-corrected chi connectivity index (χ4v) is 4.74. The Kier molecular flexibility index (Phi) is 6.05. The molecule has 1 atom stereocenters. The number of rotatable bonds is 4. The molecule has 4 rings (SSSR count). The van der Waals surface area contributed by atoms with Gasteiger partial charge in [0.1, 0.15) is 11.9 Å². The van der Waals surface area contributed by atoms with Gasteiger partial charge in [-0.3, -0.25) is 14.3 Å². The molecule has 2 aromatic rings. The van der Waals surface area contributed by atoms with Crippen molar-refractivity contribution in [3.8, 4) is 11.8 Å². The molecule has 1 aliphatic carbocycles. The van der Waals surface area contributed by atoms with E-state index in [1.54, 1.807) is 4.90 Å². The van der Waals surface area contributed by atoms with Crippen LogP contribution in [0.4, 0.5) is 19.0 Å². The van der Waals surface area contributed by atoms with Gasteiger partial charge in [0.25, 0.3) is 0 Å². The average Bonchev–Trinajstić information content (AvgIpc) is 3.06. The Morgan fingerprint density at radius 2 is 1.90 bits per heavy atom. The van der Waals surface area contributed by atoms with Crippen LogP contribution in [0.2, 0.25) is 0 Å². The maximum Gasteiger partial charge on any atom is 0.393 e. The molecule has 1 aliphatic heterocycles. The third-order valence-electron chi connectivity index (χ3n) is 6.19. The number of piperidine rings is 1. The van der Waals surface area contributed by atoms with E-state index < -0.39 is 18.0 Å². The lowest BCUT2D eigenvalue weighted by atomic mass is 9.95. The number of nitriles is 1. The number of alkyl halides is 3. The highest BCUT2D eigenvalue weighted by atomic mass is 19.4. The van der Waals surface area contributed by atoms with Crippen LogP contribution in [-0.4, -0.2) is 41.2 Å². The minimum absolute atomic E-state index is 0.101. The lowest BCUT2D eigenvalue weighted by Crippen LogP contribution is -2.44. The summed E-state index contributed by atoms with van der Waals surface area (Å²) in [6, 6.07) is 11.8. The number of amides is 1. The van der Waals surface area contributed by atoms with Crippen molar-refractivity contribution < 1.29 is 18.0 Å². The molecule has 8 heteroatoms.